The Morgan fingerprint density at radius 1 is 1.24 bits per heavy atom. The molecule has 1 heterocycles. The number of anilines is 1. The number of carbonyl (C=O) groups is 1. The Hall–Kier alpha value is -2.43. The summed E-state index contributed by atoms with van der Waals surface area (Å²) in [6, 6.07) is 8.63. The van der Waals surface area contributed by atoms with E-state index in [4.69, 9.17) is 0 Å². The average Bonchev–Trinajstić information content (AvgIpc) is 2.44. The normalized spacial score (nSPS) is 10.4. The highest BCUT2D eigenvalue weighted by Crippen LogP contribution is 2.16. The monoisotopic (exact) mass is 285 g/mol. The van der Waals surface area contributed by atoms with Crippen molar-refractivity contribution in [1.29, 1.82) is 0 Å². The molecule has 0 saturated carbocycles. The number of aromatic nitrogens is 2. The number of aryl methyl sites for hydroxylation is 3. The van der Waals surface area contributed by atoms with Crippen LogP contribution in [0.5, 0.6) is 0 Å². The van der Waals surface area contributed by atoms with Crippen LogP contribution in [-0.4, -0.2) is 15.7 Å². The first-order valence-corrected chi connectivity index (χ1v) is 6.98. The molecule has 0 unspecified atom stereocenters. The Morgan fingerprint density at radius 2 is 2.00 bits per heavy atom. The average molecular weight is 285 g/mol. The van der Waals surface area contributed by atoms with Crippen LogP contribution < -0.4 is 10.9 Å². The van der Waals surface area contributed by atoms with Crippen LogP contribution in [0.3, 0.4) is 0 Å². The molecule has 21 heavy (non-hydrogen) atoms. The standard InChI is InChI=1S/C16H19N3O2/c1-4-9-19-15(20)8-7-14(18-19)16(21)17-13-6-5-11(2)10-12(13)3/h5-8,10H,4,9H2,1-3H3,(H,17,21). The Bertz CT molecular complexity index is 720. The largest absolute Gasteiger partial charge is 0.320 e. The number of amides is 1. The second-order valence-corrected chi connectivity index (χ2v) is 5.05. The zero-order valence-corrected chi connectivity index (χ0v) is 12.5. The van der Waals surface area contributed by atoms with Crippen molar-refractivity contribution in [2.24, 2.45) is 0 Å². The van der Waals surface area contributed by atoms with Crippen molar-refractivity contribution in [3.8, 4) is 0 Å². The summed E-state index contributed by atoms with van der Waals surface area (Å²) >= 11 is 0. The molecule has 2 aromatic rings. The van der Waals surface area contributed by atoms with Crippen molar-refractivity contribution >= 4 is 11.6 Å². The lowest BCUT2D eigenvalue weighted by Crippen LogP contribution is -2.26. The van der Waals surface area contributed by atoms with Gasteiger partial charge in [-0.3, -0.25) is 9.59 Å². The van der Waals surface area contributed by atoms with Gasteiger partial charge in [-0.2, -0.15) is 5.10 Å². The van der Waals surface area contributed by atoms with Gasteiger partial charge < -0.3 is 5.32 Å². The molecule has 1 N–H and O–H groups in total. The van der Waals surface area contributed by atoms with E-state index in [0.29, 0.717) is 6.54 Å². The molecule has 2 rings (SSSR count). The molecule has 1 amide bonds. The van der Waals surface area contributed by atoms with E-state index >= 15 is 0 Å². The predicted octanol–water partition coefficient (Wildman–Crippen LogP) is 2.52. The van der Waals surface area contributed by atoms with Crippen molar-refractivity contribution in [1.82, 2.24) is 9.78 Å². The van der Waals surface area contributed by atoms with Crippen LogP contribution in [0.1, 0.15) is 35.0 Å². The van der Waals surface area contributed by atoms with Crippen molar-refractivity contribution in [2.45, 2.75) is 33.7 Å². The van der Waals surface area contributed by atoms with Crippen LogP contribution >= 0.6 is 0 Å². The number of carbonyl (C=O) groups excluding carboxylic acids is 1. The molecule has 1 aromatic heterocycles. The fraction of sp³-hybridized carbons (Fsp3) is 0.312. The van der Waals surface area contributed by atoms with Gasteiger partial charge in [0, 0.05) is 18.3 Å². The third-order valence-electron chi connectivity index (χ3n) is 3.16. The van der Waals surface area contributed by atoms with Crippen molar-refractivity contribution in [2.75, 3.05) is 5.32 Å². The third kappa shape index (κ3) is 3.56. The van der Waals surface area contributed by atoms with Crippen molar-refractivity contribution in [3.05, 3.63) is 57.5 Å². The van der Waals surface area contributed by atoms with Crippen LogP contribution in [0.4, 0.5) is 5.69 Å². The SMILES string of the molecule is CCCn1nc(C(=O)Nc2ccc(C)cc2C)ccc1=O. The molecule has 0 radical (unpaired) electrons. The summed E-state index contributed by atoms with van der Waals surface area (Å²) in [5.74, 6) is -0.313. The molecule has 110 valence electrons. The molecule has 0 bridgehead atoms. The summed E-state index contributed by atoms with van der Waals surface area (Å²) in [5.41, 5.74) is 2.92. The van der Waals surface area contributed by atoms with E-state index in [1.54, 1.807) is 0 Å². The summed E-state index contributed by atoms with van der Waals surface area (Å²) in [7, 11) is 0. The second kappa shape index (κ2) is 6.35. The molecule has 0 spiro atoms. The number of rotatable bonds is 4. The molecule has 1 aromatic carbocycles. The smallest absolute Gasteiger partial charge is 0.276 e. The quantitative estimate of drug-likeness (QED) is 0.938. The van der Waals surface area contributed by atoms with Crippen LogP contribution in [0.2, 0.25) is 0 Å². The molecular weight excluding hydrogens is 266 g/mol. The van der Waals surface area contributed by atoms with E-state index in [1.165, 1.54) is 16.8 Å². The molecule has 5 nitrogen and oxygen atoms in total. The summed E-state index contributed by atoms with van der Waals surface area (Å²) in [4.78, 5) is 23.8. The Kier molecular flexibility index (Phi) is 4.52. The van der Waals surface area contributed by atoms with E-state index in [9.17, 15) is 9.59 Å². The zero-order chi connectivity index (χ0) is 15.4. The van der Waals surface area contributed by atoms with Gasteiger partial charge in [-0.1, -0.05) is 24.6 Å². The van der Waals surface area contributed by atoms with Gasteiger partial charge in [0.1, 0.15) is 5.69 Å². The van der Waals surface area contributed by atoms with E-state index in [-0.39, 0.29) is 17.2 Å². The summed E-state index contributed by atoms with van der Waals surface area (Å²) < 4.78 is 1.32. The lowest BCUT2D eigenvalue weighted by molar-refractivity contribution is 0.101. The molecular formula is C16H19N3O2. The van der Waals surface area contributed by atoms with Gasteiger partial charge >= 0.3 is 0 Å². The van der Waals surface area contributed by atoms with E-state index in [0.717, 1.165) is 23.2 Å². The Labute approximate surface area is 123 Å². The first kappa shape index (κ1) is 15.0. The van der Waals surface area contributed by atoms with Crippen LogP contribution in [0, 0.1) is 13.8 Å². The fourth-order valence-corrected chi connectivity index (χ4v) is 2.08. The topological polar surface area (TPSA) is 64.0 Å². The lowest BCUT2D eigenvalue weighted by Gasteiger charge is -2.09. The van der Waals surface area contributed by atoms with Crippen LogP contribution in [-0.2, 0) is 6.54 Å². The van der Waals surface area contributed by atoms with E-state index < -0.39 is 0 Å². The van der Waals surface area contributed by atoms with E-state index in [2.05, 4.69) is 10.4 Å². The number of hydrogen-bond donors (Lipinski definition) is 1. The van der Waals surface area contributed by atoms with Gasteiger partial charge in [0.15, 0.2) is 0 Å². The van der Waals surface area contributed by atoms with Gasteiger partial charge in [-0.15, -0.1) is 0 Å². The van der Waals surface area contributed by atoms with Gasteiger partial charge in [0.2, 0.25) is 0 Å². The Morgan fingerprint density at radius 3 is 2.67 bits per heavy atom. The van der Waals surface area contributed by atoms with Crippen LogP contribution in [0.25, 0.3) is 0 Å². The van der Waals surface area contributed by atoms with Gasteiger partial charge in [0.25, 0.3) is 11.5 Å². The molecule has 0 atom stereocenters. The molecule has 0 aliphatic heterocycles. The minimum Gasteiger partial charge on any atom is -0.320 e. The van der Waals surface area contributed by atoms with Crippen LogP contribution in [0.15, 0.2) is 35.1 Å². The molecule has 0 saturated heterocycles. The van der Waals surface area contributed by atoms with Crippen molar-refractivity contribution < 1.29 is 4.79 Å². The third-order valence-corrected chi connectivity index (χ3v) is 3.16. The maximum atomic E-state index is 12.2. The molecule has 5 heteroatoms. The predicted molar refractivity (Wildman–Crippen MR) is 82.7 cm³/mol. The highest BCUT2D eigenvalue weighted by atomic mass is 16.2. The summed E-state index contributed by atoms with van der Waals surface area (Å²) in [6.07, 6.45) is 0.787. The number of hydrogen-bond acceptors (Lipinski definition) is 3. The van der Waals surface area contributed by atoms with Crippen molar-refractivity contribution in [3.63, 3.8) is 0 Å². The summed E-state index contributed by atoms with van der Waals surface area (Å²) in [5, 5.41) is 6.92. The summed E-state index contributed by atoms with van der Waals surface area (Å²) in [6.45, 7) is 6.40. The minimum absolute atomic E-state index is 0.195. The highest BCUT2D eigenvalue weighted by molar-refractivity contribution is 6.03. The molecule has 0 aliphatic carbocycles. The Balaban J connectivity index is 2.24. The van der Waals surface area contributed by atoms with Gasteiger partial charge in [0.05, 0.1) is 0 Å². The fourth-order valence-electron chi connectivity index (χ4n) is 2.08. The number of nitrogens with zero attached hydrogens (tertiary/aromatic N) is 2. The first-order valence-electron chi connectivity index (χ1n) is 6.98. The maximum absolute atomic E-state index is 12.2. The van der Waals surface area contributed by atoms with E-state index in [1.807, 2.05) is 39.0 Å². The number of benzene rings is 1. The second-order valence-electron chi connectivity index (χ2n) is 5.05. The maximum Gasteiger partial charge on any atom is 0.276 e. The molecule has 0 aliphatic rings. The minimum atomic E-state index is -0.313. The lowest BCUT2D eigenvalue weighted by atomic mass is 10.1. The highest BCUT2D eigenvalue weighted by Gasteiger charge is 2.11. The van der Waals surface area contributed by atoms with Gasteiger partial charge in [-0.25, -0.2) is 4.68 Å². The number of nitrogens with one attached hydrogen (secondary N) is 1. The first-order chi connectivity index (χ1) is 10.0. The zero-order valence-electron chi connectivity index (χ0n) is 12.5. The van der Waals surface area contributed by atoms with Gasteiger partial charge in [-0.05, 0) is 38.0 Å². The molecule has 0 fully saturated rings.